The van der Waals surface area contributed by atoms with Crippen LogP contribution in [0.5, 0.6) is 5.75 Å². The monoisotopic (exact) mass is 299 g/mol. The number of nitrogens with zero attached hydrogens (tertiary/aromatic N) is 3. The van der Waals surface area contributed by atoms with Crippen LogP contribution in [0.15, 0.2) is 22.8 Å². The Balaban J connectivity index is 3.21. The summed E-state index contributed by atoms with van der Waals surface area (Å²) >= 11 is 5.79. The minimum atomic E-state index is -1.30. The fraction of sp³-hybridized carbons (Fsp3) is 0.250. The van der Waals surface area contributed by atoms with Crippen molar-refractivity contribution in [2.24, 2.45) is 5.11 Å². The molecule has 0 unspecified atom stereocenters. The molecule has 0 bridgehead atoms. The lowest BCUT2D eigenvalue weighted by molar-refractivity contribution is -0.132. The molecule has 0 aliphatic heterocycles. The summed E-state index contributed by atoms with van der Waals surface area (Å²) < 4.78 is 19.1. The predicted molar refractivity (Wildman–Crippen MR) is 72.2 cm³/mol. The van der Waals surface area contributed by atoms with Gasteiger partial charge in [0.25, 0.3) is 0 Å². The van der Waals surface area contributed by atoms with Crippen molar-refractivity contribution >= 4 is 23.6 Å². The number of carboxylic acid groups (broad SMARTS) is 1. The molecule has 106 valence electrons. The van der Waals surface area contributed by atoms with E-state index < -0.39 is 18.3 Å². The van der Waals surface area contributed by atoms with E-state index in [0.29, 0.717) is 6.61 Å². The van der Waals surface area contributed by atoms with E-state index in [4.69, 9.17) is 27.0 Å². The Morgan fingerprint density at radius 3 is 2.90 bits per heavy atom. The Morgan fingerprint density at radius 1 is 1.65 bits per heavy atom. The molecule has 0 amide bonds. The maximum Gasteiger partial charge on any atom is 0.331 e. The van der Waals surface area contributed by atoms with E-state index >= 15 is 0 Å². The second kappa shape index (κ2) is 7.37. The fourth-order valence-electron chi connectivity index (χ4n) is 1.40. The molecule has 1 rings (SSSR count). The summed E-state index contributed by atoms with van der Waals surface area (Å²) in [5.74, 6) is -1.92. The minimum Gasteiger partial charge on any atom is -0.492 e. The molecule has 6 nitrogen and oxygen atoms in total. The molecule has 1 N–H and O–H groups in total. The molecule has 20 heavy (non-hydrogen) atoms. The van der Waals surface area contributed by atoms with Crippen molar-refractivity contribution in [2.75, 3.05) is 13.2 Å². The van der Waals surface area contributed by atoms with Gasteiger partial charge in [-0.3, -0.25) is 0 Å². The van der Waals surface area contributed by atoms with Gasteiger partial charge in [-0.2, -0.15) is 0 Å². The average molecular weight is 300 g/mol. The zero-order chi connectivity index (χ0) is 15.1. The van der Waals surface area contributed by atoms with Gasteiger partial charge in [-0.15, -0.1) is 0 Å². The quantitative estimate of drug-likeness (QED) is 0.376. The van der Waals surface area contributed by atoms with Gasteiger partial charge in [-0.05, 0) is 30.7 Å². The zero-order valence-corrected chi connectivity index (χ0v) is 11.3. The lowest BCUT2D eigenvalue weighted by Crippen LogP contribution is -2.04. The smallest absolute Gasteiger partial charge is 0.331 e. The Bertz CT molecular complexity index is 598. The molecule has 0 spiro atoms. The molecule has 0 radical (unpaired) electrons. The van der Waals surface area contributed by atoms with Crippen LogP contribution in [0.4, 0.5) is 4.39 Å². The molecule has 8 heteroatoms. The molecule has 0 saturated carbocycles. The first-order chi connectivity index (χ1) is 9.51. The number of ether oxygens (including phenoxy) is 1. The van der Waals surface area contributed by atoms with Gasteiger partial charge in [-0.1, -0.05) is 16.7 Å². The Kier molecular flexibility index (Phi) is 5.83. The Morgan fingerprint density at radius 2 is 2.35 bits per heavy atom. The topological polar surface area (TPSA) is 95.3 Å². The van der Waals surface area contributed by atoms with E-state index in [-0.39, 0.29) is 21.9 Å². The number of hydrogen-bond donors (Lipinski definition) is 1. The van der Waals surface area contributed by atoms with Gasteiger partial charge in [0.15, 0.2) is 5.82 Å². The molecule has 0 atom stereocenters. The van der Waals surface area contributed by atoms with Gasteiger partial charge in [0.1, 0.15) is 10.8 Å². The molecule has 1 aromatic rings. The van der Waals surface area contributed by atoms with Crippen LogP contribution in [-0.4, -0.2) is 24.2 Å². The van der Waals surface area contributed by atoms with E-state index in [0.717, 1.165) is 6.08 Å². The minimum absolute atomic E-state index is 0.0241. The van der Waals surface area contributed by atoms with Crippen LogP contribution in [0, 0.1) is 5.82 Å². The molecule has 0 aliphatic rings. The van der Waals surface area contributed by atoms with E-state index in [1.807, 2.05) is 0 Å². The van der Waals surface area contributed by atoms with Crippen molar-refractivity contribution in [2.45, 2.75) is 6.92 Å². The van der Waals surface area contributed by atoms with Crippen molar-refractivity contribution < 1.29 is 19.0 Å². The van der Waals surface area contributed by atoms with Gasteiger partial charge in [0.05, 0.1) is 13.2 Å². The van der Waals surface area contributed by atoms with Crippen LogP contribution < -0.4 is 4.74 Å². The highest BCUT2D eigenvalue weighted by Crippen LogP contribution is 2.30. The number of rotatable bonds is 6. The molecular weight excluding hydrogens is 289 g/mol. The lowest BCUT2D eigenvalue weighted by Gasteiger charge is -2.08. The number of aliphatic carboxylic acids is 1. The predicted octanol–water partition coefficient (Wildman–Crippen LogP) is 3.66. The molecule has 0 aromatic heterocycles. The molecular formula is C12H11ClFN3O3. The zero-order valence-electron chi connectivity index (χ0n) is 10.5. The highest BCUT2D eigenvalue weighted by Gasteiger charge is 2.13. The van der Waals surface area contributed by atoms with Crippen molar-refractivity contribution in [3.05, 3.63) is 44.6 Å². The van der Waals surface area contributed by atoms with Crippen LogP contribution in [-0.2, 0) is 4.79 Å². The Labute approximate surface area is 119 Å². The fourth-order valence-corrected chi connectivity index (χ4v) is 1.62. The summed E-state index contributed by atoms with van der Waals surface area (Å²) in [4.78, 5) is 13.4. The van der Waals surface area contributed by atoms with Crippen LogP contribution >= 0.6 is 11.6 Å². The van der Waals surface area contributed by atoms with E-state index in [9.17, 15) is 9.18 Å². The van der Waals surface area contributed by atoms with Crippen molar-refractivity contribution in [3.8, 4) is 5.75 Å². The number of benzene rings is 1. The summed E-state index contributed by atoms with van der Waals surface area (Å²) in [6.07, 6.45) is 1.06. The summed E-state index contributed by atoms with van der Waals surface area (Å²) in [5.41, 5.74) is 7.91. The third-order valence-corrected chi connectivity index (χ3v) is 2.64. The molecule has 0 fully saturated rings. The summed E-state index contributed by atoms with van der Waals surface area (Å²) in [5, 5.41) is 11.8. The maximum absolute atomic E-state index is 14.0. The third-order valence-electron chi connectivity index (χ3n) is 2.29. The number of halogens is 2. The number of carboxylic acids is 1. The largest absolute Gasteiger partial charge is 0.492 e. The van der Waals surface area contributed by atoms with Crippen LogP contribution in [0.1, 0.15) is 12.5 Å². The van der Waals surface area contributed by atoms with Gasteiger partial charge in [-0.25, -0.2) is 9.18 Å². The SMILES string of the molecule is CCOc1ccc(/C=C(/CN=[N+]=[N-])C(=O)O)c(F)c1Cl. The Hall–Kier alpha value is -2.24. The van der Waals surface area contributed by atoms with Gasteiger partial charge < -0.3 is 9.84 Å². The summed E-state index contributed by atoms with van der Waals surface area (Å²) in [6.45, 7) is 1.66. The van der Waals surface area contributed by atoms with Crippen LogP contribution in [0.3, 0.4) is 0 Å². The van der Waals surface area contributed by atoms with E-state index in [2.05, 4.69) is 10.0 Å². The van der Waals surface area contributed by atoms with Gasteiger partial charge in [0, 0.05) is 16.0 Å². The summed E-state index contributed by atoms with van der Waals surface area (Å²) in [6, 6.07) is 2.78. The number of azide groups is 1. The first-order valence-corrected chi connectivity index (χ1v) is 5.94. The normalized spacial score (nSPS) is 10.8. The van der Waals surface area contributed by atoms with Crippen molar-refractivity contribution in [1.29, 1.82) is 0 Å². The first kappa shape index (κ1) is 15.8. The molecule has 0 saturated heterocycles. The second-order valence-corrected chi connectivity index (χ2v) is 3.96. The first-order valence-electron chi connectivity index (χ1n) is 5.56. The number of hydrogen-bond acceptors (Lipinski definition) is 3. The number of carbonyl (C=O) groups is 1. The van der Waals surface area contributed by atoms with E-state index in [1.165, 1.54) is 12.1 Å². The highest BCUT2D eigenvalue weighted by atomic mass is 35.5. The van der Waals surface area contributed by atoms with Crippen LogP contribution in [0.2, 0.25) is 5.02 Å². The second-order valence-electron chi connectivity index (χ2n) is 3.58. The molecule has 0 heterocycles. The lowest BCUT2D eigenvalue weighted by atomic mass is 10.1. The standard InChI is InChI=1S/C12H11ClFN3O3/c1-2-20-9-4-3-7(11(14)10(9)13)5-8(12(18)19)6-16-17-15/h3-5H,2,6H2,1H3,(H,18,19)/b8-5-. The van der Waals surface area contributed by atoms with Crippen LogP contribution in [0.25, 0.3) is 16.5 Å². The molecule has 0 aliphatic carbocycles. The van der Waals surface area contributed by atoms with Crippen molar-refractivity contribution in [3.63, 3.8) is 0 Å². The maximum atomic E-state index is 14.0. The highest BCUT2D eigenvalue weighted by molar-refractivity contribution is 6.32. The van der Waals surface area contributed by atoms with Gasteiger partial charge >= 0.3 is 5.97 Å². The third kappa shape index (κ3) is 3.88. The van der Waals surface area contributed by atoms with Gasteiger partial charge in [0.2, 0.25) is 0 Å². The summed E-state index contributed by atoms with van der Waals surface area (Å²) in [7, 11) is 0. The van der Waals surface area contributed by atoms with Crippen molar-refractivity contribution in [1.82, 2.24) is 0 Å². The van der Waals surface area contributed by atoms with E-state index in [1.54, 1.807) is 6.92 Å². The molecule has 1 aromatic carbocycles. The average Bonchev–Trinajstić information content (AvgIpc) is 2.42.